The van der Waals surface area contributed by atoms with Crippen LogP contribution in [0.5, 0.6) is 0 Å². The third-order valence-corrected chi connectivity index (χ3v) is 4.29. The van der Waals surface area contributed by atoms with Crippen molar-refractivity contribution >= 4 is 5.91 Å². The van der Waals surface area contributed by atoms with Crippen molar-refractivity contribution in [1.82, 2.24) is 4.90 Å². The molecule has 1 aliphatic carbocycles. The Morgan fingerprint density at radius 2 is 2.21 bits per heavy atom. The van der Waals surface area contributed by atoms with Crippen molar-refractivity contribution in [1.29, 1.82) is 5.26 Å². The number of amides is 1. The van der Waals surface area contributed by atoms with Crippen molar-refractivity contribution in [2.75, 3.05) is 6.54 Å². The molecule has 4 heteroatoms. The summed E-state index contributed by atoms with van der Waals surface area (Å²) in [6.45, 7) is 0.691. The molecule has 1 aliphatic heterocycles. The van der Waals surface area contributed by atoms with Crippen LogP contribution in [0.3, 0.4) is 0 Å². The van der Waals surface area contributed by atoms with Gasteiger partial charge in [0.25, 0.3) is 0 Å². The van der Waals surface area contributed by atoms with Crippen LogP contribution in [0.25, 0.3) is 0 Å². The molecule has 1 amide bonds. The summed E-state index contributed by atoms with van der Waals surface area (Å²) in [6, 6.07) is 9.70. The van der Waals surface area contributed by atoms with Crippen molar-refractivity contribution in [3.8, 4) is 6.07 Å². The number of nitriles is 1. The van der Waals surface area contributed by atoms with Gasteiger partial charge in [0.1, 0.15) is 6.04 Å². The normalized spacial score (nSPS) is 29.1. The highest BCUT2D eigenvalue weighted by Gasteiger charge is 2.40. The van der Waals surface area contributed by atoms with Gasteiger partial charge < -0.3 is 10.6 Å². The second-order valence-electron chi connectivity index (χ2n) is 5.35. The van der Waals surface area contributed by atoms with Crippen molar-refractivity contribution in [2.24, 2.45) is 11.7 Å². The van der Waals surface area contributed by atoms with E-state index in [1.807, 2.05) is 24.3 Å². The molecule has 0 spiro atoms. The first-order valence-corrected chi connectivity index (χ1v) is 6.76. The molecule has 0 bridgehead atoms. The van der Waals surface area contributed by atoms with Gasteiger partial charge in [-0.3, -0.25) is 4.79 Å². The van der Waals surface area contributed by atoms with Gasteiger partial charge in [-0.25, -0.2) is 0 Å². The predicted molar refractivity (Wildman–Crippen MR) is 70.9 cm³/mol. The first-order chi connectivity index (χ1) is 9.22. The van der Waals surface area contributed by atoms with E-state index in [2.05, 4.69) is 6.07 Å². The zero-order chi connectivity index (χ0) is 13.4. The SMILES string of the molecule is N#C[C@@H]1CCCN1C(=O)C1Cc2ccccc2C1N. The Kier molecular flexibility index (Phi) is 3.00. The second kappa shape index (κ2) is 4.67. The van der Waals surface area contributed by atoms with E-state index in [0.717, 1.165) is 18.4 Å². The zero-order valence-electron chi connectivity index (χ0n) is 10.7. The average molecular weight is 255 g/mol. The van der Waals surface area contributed by atoms with Crippen LogP contribution in [0.2, 0.25) is 0 Å². The van der Waals surface area contributed by atoms with Crippen LogP contribution in [-0.4, -0.2) is 23.4 Å². The molecule has 0 saturated carbocycles. The second-order valence-corrected chi connectivity index (χ2v) is 5.35. The number of carbonyl (C=O) groups excluding carboxylic acids is 1. The Morgan fingerprint density at radius 3 is 2.95 bits per heavy atom. The van der Waals surface area contributed by atoms with Gasteiger partial charge in [0.15, 0.2) is 0 Å². The minimum atomic E-state index is -0.261. The van der Waals surface area contributed by atoms with E-state index < -0.39 is 0 Å². The lowest BCUT2D eigenvalue weighted by Gasteiger charge is -2.25. The highest BCUT2D eigenvalue weighted by atomic mass is 16.2. The number of rotatable bonds is 1. The maximum Gasteiger partial charge on any atom is 0.229 e. The van der Waals surface area contributed by atoms with Gasteiger partial charge in [0.05, 0.1) is 12.0 Å². The van der Waals surface area contributed by atoms with E-state index in [1.54, 1.807) is 4.90 Å². The van der Waals surface area contributed by atoms with Gasteiger partial charge in [-0.2, -0.15) is 5.26 Å². The van der Waals surface area contributed by atoms with Crippen molar-refractivity contribution in [3.05, 3.63) is 35.4 Å². The first kappa shape index (κ1) is 12.2. The fraction of sp³-hybridized carbons (Fsp3) is 0.467. The van der Waals surface area contributed by atoms with Gasteiger partial charge in [-0.15, -0.1) is 0 Å². The molecule has 1 aromatic rings. The lowest BCUT2D eigenvalue weighted by Crippen LogP contribution is -2.41. The van der Waals surface area contributed by atoms with E-state index in [4.69, 9.17) is 11.0 Å². The number of nitrogens with two attached hydrogens (primary N) is 1. The summed E-state index contributed by atoms with van der Waals surface area (Å²) < 4.78 is 0. The third-order valence-electron chi connectivity index (χ3n) is 4.29. The van der Waals surface area contributed by atoms with Crippen LogP contribution in [0.4, 0.5) is 0 Å². The van der Waals surface area contributed by atoms with Gasteiger partial charge in [0.2, 0.25) is 5.91 Å². The van der Waals surface area contributed by atoms with Gasteiger partial charge in [-0.05, 0) is 30.4 Å². The van der Waals surface area contributed by atoms with Crippen LogP contribution in [-0.2, 0) is 11.2 Å². The molecule has 3 rings (SSSR count). The van der Waals surface area contributed by atoms with Gasteiger partial charge in [-0.1, -0.05) is 24.3 Å². The Bertz CT molecular complexity index is 549. The summed E-state index contributed by atoms with van der Waals surface area (Å²) in [7, 11) is 0. The van der Waals surface area contributed by atoms with Crippen molar-refractivity contribution < 1.29 is 4.79 Å². The maximum atomic E-state index is 12.6. The molecule has 2 unspecified atom stereocenters. The molecule has 2 N–H and O–H groups in total. The number of benzene rings is 1. The molecule has 0 aromatic heterocycles. The number of hydrogen-bond donors (Lipinski definition) is 1. The van der Waals surface area contributed by atoms with Crippen LogP contribution in [0.1, 0.15) is 30.0 Å². The molecule has 0 radical (unpaired) electrons. The number of nitrogens with zero attached hydrogens (tertiary/aromatic N) is 2. The summed E-state index contributed by atoms with van der Waals surface area (Å²) in [5.41, 5.74) is 8.46. The molecular formula is C15H17N3O. The highest BCUT2D eigenvalue weighted by Crippen LogP contribution is 2.36. The molecule has 1 aromatic carbocycles. The van der Waals surface area contributed by atoms with Crippen LogP contribution in [0, 0.1) is 17.2 Å². The van der Waals surface area contributed by atoms with E-state index in [0.29, 0.717) is 13.0 Å². The summed E-state index contributed by atoms with van der Waals surface area (Å²) in [6.07, 6.45) is 2.40. The fourth-order valence-corrected chi connectivity index (χ4v) is 3.24. The molecule has 1 saturated heterocycles. The monoisotopic (exact) mass is 255 g/mol. The molecule has 3 atom stereocenters. The third kappa shape index (κ3) is 1.91. The predicted octanol–water partition coefficient (Wildman–Crippen LogP) is 1.37. The molecule has 98 valence electrons. The number of hydrogen-bond acceptors (Lipinski definition) is 3. The highest BCUT2D eigenvalue weighted by molar-refractivity contribution is 5.82. The van der Waals surface area contributed by atoms with Gasteiger partial charge >= 0.3 is 0 Å². The van der Waals surface area contributed by atoms with Crippen LogP contribution < -0.4 is 5.73 Å². The van der Waals surface area contributed by atoms with Crippen LogP contribution >= 0.6 is 0 Å². The molecule has 1 fully saturated rings. The minimum absolute atomic E-state index is 0.0488. The first-order valence-electron chi connectivity index (χ1n) is 6.76. The topological polar surface area (TPSA) is 70.1 Å². The molecule has 4 nitrogen and oxygen atoms in total. The van der Waals surface area contributed by atoms with Crippen LogP contribution in [0.15, 0.2) is 24.3 Å². The van der Waals surface area contributed by atoms with E-state index in [-0.39, 0.29) is 23.9 Å². The molecular weight excluding hydrogens is 238 g/mol. The lowest BCUT2D eigenvalue weighted by atomic mass is 9.99. The lowest BCUT2D eigenvalue weighted by molar-refractivity contribution is -0.135. The van der Waals surface area contributed by atoms with E-state index >= 15 is 0 Å². The summed E-state index contributed by atoms with van der Waals surface area (Å²) in [5.74, 6) is -0.154. The fourth-order valence-electron chi connectivity index (χ4n) is 3.24. The number of carbonyl (C=O) groups is 1. The number of fused-ring (bicyclic) bond motifs is 1. The van der Waals surface area contributed by atoms with Gasteiger partial charge in [0, 0.05) is 12.6 Å². The quantitative estimate of drug-likeness (QED) is 0.824. The Balaban J connectivity index is 1.82. The molecule has 2 aliphatic rings. The van der Waals surface area contributed by atoms with E-state index in [9.17, 15) is 4.79 Å². The van der Waals surface area contributed by atoms with Crippen molar-refractivity contribution in [2.45, 2.75) is 31.3 Å². The maximum absolute atomic E-state index is 12.6. The number of likely N-dealkylation sites (tertiary alicyclic amines) is 1. The Hall–Kier alpha value is -1.86. The van der Waals surface area contributed by atoms with E-state index in [1.165, 1.54) is 5.56 Å². The smallest absolute Gasteiger partial charge is 0.229 e. The van der Waals surface area contributed by atoms with Crippen molar-refractivity contribution in [3.63, 3.8) is 0 Å². The Morgan fingerprint density at radius 1 is 1.42 bits per heavy atom. The summed E-state index contributed by atoms with van der Waals surface area (Å²) in [5, 5.41) is 9.09. The minimum Gasteiger partial charge on any atom is -0.326 e. The summed E-state index contributed by atoms with van der Waals surface area (Å²) >= 11 is 0. The Labute approximate surface area is 112 Å². The zero-order valence-corrected chi connectivity index (χ0v) is 10.7. The standard InChI is InChI=1S/C15H17N3O/c16-9-11-5-3-7-18(11)15(19)13-8-10-4-1-2-6-12(10)14(13)17/h1-2,4,6,11,13-14H,3,5,7-8,17H2/t11-,13?,14?/m0/s1. The molecule has 1 heterocycles. The average Bonchev–Trinajstić information content (AvgIpc) is 3.03. The largest absolute Gasteiger partial charge is 0.326 e. The molecule has 19 heavy (non-hydrogen) atoms. The summed E-state index contributed by atoms with van der Waals surface area (Å²) in [4.78, 5) is 14.3.